The molecular weight excluding hydrogens is 286 g/mol. The summed E-state index contributed by atoms with van der Waals surface area (Å²) in [6.07, 6.45) is 10.5. The summed E-state index contributed by atoms with van der Waals surface area (Å²) in [5.74, 6) is 0.917. The van der Waals surface area contributed by atoms with E-state index in [1.807, 2.05) is 18.5 Å². The van der Waals surface area contributed by atoms with Gasteiger partial charge in [-0.2, -0.15) is 0 Å². The SMILES string of the molecule is c1cnc(N2CCC3(CCN(CCN4CCCC4)CC3)C2)nc1. The Morgan fingerprint density at radius 2 is 1.43 bits per heavy atom. The lowest BCUT2D eigenvalue weighted by atomic mass is 9.78. The van der Waals surface area contributed by atoms with Gasteiger partial charge in [-0.3, -0.25) is 0 Å². The van der Waals surface area contributed by atoms with Gasteiger partial charge in [-0.05, 0) is 69.8 Å². The van der Waals surface area contributed by atoms with E-state index in [2.05, 4.69) is 24.7 Å². The predicted octanol–water partition coefficient (Wildman–Crippen LogP) is 1.86. The minimum atomic E-state index is 0.517. The summed E-state index contributed by atoms with van der Waals surface area (Å²) in [5.41, 5.74) is 0.517. The normalized spacial score (nSPS) is 25.5. The third kappa shape index (κ3) is 3.50. The summed E-state index contributed by atoms with van der Waals surface area (Å²) >= 11 is 0. The zero-order valence-electron chi connectivity index (χ0n) is 14.2. The van der Waals surface area contributed by atoms with Crippen molar-refractivity contribution < 1.29 is 0 Å². The first kappa shape index (κ1) is 15.3. The molecule has 1 aromatic heterocycles. The molecular formula is C18H29N5. The largest absolute Gasteiger partial charge is 0.340 e. The molecule has 1 spiro atoms. The number of anilines is 1. The first-order valence-corrected chi connectivity index (χ1v) is 9.30. The molecule has 5 heteroatoms. The molecule has 0 unspecified atom stereocenters. The molecule has 0 atom stereocenters. The smallest absolute Gasteiger partial charge is 0.225 e. The van der Waals surface area contributed by atoms with Crippen molar-refractivity contribution in [2.45, 2.75) is 32.1 Å². The number of piperidine rings is 1. The van der Waals surface area contributed by atoms with Crippen molar-refractivity contribution in [2.75, 3.05) is 57.3 Å². The Bertz CT molecular complexity index is 491. The molecule has 0 aromatic carbocycles. The maximum absolute atomic E-state index is 4.43. The maximum Gasteiger partial charge on any atom is 0.225 e. The van der Waals surface area contributed by atoms with E-state index in [0.29, 0.717) is 5.41 Å². The Hall–Kier alpha value is -1.20. The molecule has 4 rings (SSSR count). The van der Waals surface area contributed by atoms with Gasteiger partial charge in [0.25, 0.3) is 0 Å². The molecule has 0 bridgehead atoms. The van der Waals surface area contributed by atoms with Gasteiger partial charge in [-0.15, -0.1) is 0 Å². The quantitative estimate of drug-likeness (QED) is 0.847. The molecule has 23 heavy (non-hydrogen) atoms. The minimum absolute atomic E-state index is 0.517. The molecule has 3 aliphatic heterocycles. The Balaban J connectivity index is 1.26. The van der Waals surface area contributed by atoms with Crippen LogP contribution in [-0.4, -0.2) is 72.1 Å². The van der Waals surface area contributed by atoms with Crippen LogP contribution < -0.4 is 4.90 Å². The number of hydrogen-bond donors (Lipinski definition) is 0. The van der Waals surface area contributed by atoms with Crippen LogP contribution in [0.15, 0.2) is 18.5 Å². The lowest BCUT2D eigenvalue weighted by molar-refractivity contribution is 0.111. The van der Waals surface area contributed by atoms with Crippen molar-refractivity contribution in [3.05, 3.63) is 18.5 Å². The summed E-state index contributed by atoms with van der Waals surface area (Å²) < 4.78 is 0. The van der Waals surface area contributed by atoms with Crippen molar-refractivity contribution >= 4 is 5.95 Å². The van der Waals surface area contributed by atoms with E-state index in [0.717, 1.165) is 19.0 Å². The topological polar surface area (TPSA) is 35.5 Å². The van der Waals surface area contributed by atoms with Crippen molar-refractivity contribution in [1.82, 2.24) is 19.8 Å². The standard InChI is InChI=1S/C18H29N5/c1-2-10-21(9-1)14-15-22-11-4-18(5-12-22)6-13-23(16-18)17-19-7-3-8-20-17/h3,7-8H,1-2,4-6,9-16H2. The summed E-state index contributed by atoms with van der Waals surface area (Å²) in [7, 11) is 0. The van der Waals surface area contributed by atoms with Gasteiger partial charge < -0.3 is 14.7 Å². The predicted molar refractivity (Wildman–Crippen MR) is 92.6 cm³/mol. The molecule has 1 aromatic rings. The van der Waals surface area contributed by atoms with Crippen molar-refractivity contribution in [3.8, 4) is 0 Å². The fraction of sp³-hybridized carbons (Fsp3) is 0.778. The van der Waals surface area contributed by atoms with E-state index in [-0.39, 0.29) is 0 Å². The van der Waals surface area contributed by atoms with E-state index in [9.17, 15) is 0 Å². The summed E-state index contributed by atoms with van der Waals surface area (Å²) in [4.78, 5) is 16.6. The first-order chi connectivity index (χ1) is 11.3. The number of aromatic nitrogens is 2. The summed E-state index contributed by atoms with van der Waals surface area (Å²) in [6.45, 7) is 10.0. The van der Waals surface area contributed by atoms with Crippen LogP contribution in [0.3, 0.4) is 0 Å². The van der Waals surface area contributed by atoms with Crippen LogP contribution in [0.25, 0.3) is 0 Å². The van der Waals surface area contributed by atoms with Crippen LogP contribution in [0, 0.1) is 5.41 Å². The fourth-order valence-corrected chi connectivity index (χ4v) is 4.51. The summed E-state index contributed by atoms with van der Waals surface area (Å²) in [6, 6.07) is 1.90. The number of likely N-dealkylation sites (tertiary alicyclic amines) is 2. The molecule has 0 radical (unpaired) electrons. The first-order valence-electron chi connectivity index (χ1n) is 9.30. The maximum atomic E-state index is 4.43. The van der Waals surface area contributed by atoms with Crippen molar-refractivity contribution in [1.29, 1.82) is 0 Å². The van der Waals surface area contributed by atoms with Crippen LogP contribution in [0.4, 0.5) is 5.95 Å². The highest BCUT2D eigenvalue weighted by atomic mass is 15.3. The van der Waals surface area contributed by atoms with Crippen molar-refractivity contribution in [2.24, 2.45) is 5.41 Å². The lowest BCUT2D eigenvalue weighted by Gasteiger charge is -2.39. The van der Waals surface area contributed by atoms with E-state index in [1.54, 1.807) is 0 Å². The van der Waals surface area contributed by atoms with Gasteiger partial charge in [-0.25, -0.2) is 9.97 Å². The molecule has 0 saturated carbocycles. The second kappa shape index (κ2) is 6.73. The van der Waals surface area contributed by atoms with Crippen LogP contribution in [0.1, 0.15) is 32.1 Å². The van der Waals surface area contributed by atoms with Gasteiger partial charge in [-0.1, -0.05) is 0 Å². The number of hydrogen-bond acceptors (Lipinski definition) is 5. The Labute approximate surface area is 139 Å². The van der Waals surface area contributed by atoms with E-state index < -0.39 is 0 Å². The van der Waals surface area contributed by atoms with E-state index in [1.165, 1.54) is 71.4 Å². The van der Waals surface area contributed by atoms with Gasteiger partial charge >= 0.3 is 0 Å². The van der Waals surface area contributed by atoms with Gasteiger partial charge in [0, 0.05) is 38.6 Å². The van der Waals surface area contributed by atoms with Crippen LogP contribution >= 0.6 is 0 Å². The Morgan fingerprint density at radius 3 is 2.13 bits per heavy atom. The molecule has 0 aliphatic carbocycles. The average molecular weight is 315 g/mol. The van der Waals surface area contributed by atoms with Gasteiger partial charge in [0.2, 0.25) is 5.95 Å². The zero-order valence-corrected chi connectivity index (χ0v) is 14.2. The second-order valence-electron chi connectivity index (χ2n) is 7.61. The van der Waals surface area contributed by atoms with Crippen molar-refractivity contribution in [3.63, 3.8) is 0 Å². The third-order valence-electron chi connectivity index (χ3n) is 6.12. The number of rotatable bonds is 4. The highest BCUT2D eigenvalue weighted by Gasteiger charge is 2.41. The minimum Gasteiger partial charge on any atom is -0.340 e. The molecule has 3 fully saturated rings. The summed E-state index contributed by atoms with van der Waals surface area (Å²) in [5, 5.41) is 0. The Morgan fingerprint density at radius 1 is 0.826 bits per heavy atom. The van der Waals surface area contributed by atoms with Gasteiger partial charge in [0.15, 0.2) is 0 Å². The molecule has 0 amide bonds. The van der Waals surface area contributed by atoms with Crippen LogP contribution in [-0.2, 0) is 0 Å². The Kier molecular flexibility index (Phi) is 4.49. The monoisotopic (exact) mass is 315 g/mol. The van der Waals surface area contributed by atoms with Gasteiger partial charge in [0.05, 0.1) is 0 Å². The van der Waals surface area contributed by atoms with Crippen LogP contribution in [0.2, 0.25) is 0 Å². The molecule has 3 saturated heterocycles. The van der Waals surface area contributed by atoms with Crippen LogP contribution in [0.5, 0.6) is 0 Å². The highest BCUT2D eigenvalue weighted by Crippen LogP contribution is 2.41. The molecule has 126 valence electrons. The average Bonchev–Trinajstić information content (AvgIpc) is 3.26. The lowest BCUT2D eigenvalue weighted by Crippen LogP contribution is -2.44. The fourth-order valence-electron chi connectivity index (χ4n) is 4.51. The van der Waals surface area contributed by atoms with E-state index in [4.69, 9.17) is 0 Å². The zero-order chi connectivity index (χ0) is 15.5. The molecule has 3 aliphatic rings. The highest BCUT2D eigenvalue weighted by molar-refractivity contribution is 5.31. The second-order valence-corrected chi connectivity index (χ2v) is 7.61. The number of nitrogens with zero attached hydrogens (tertiary/aromatic N) is 5. The van der Waals surface area contributed by atoms with Gasteiger partial charge in [0.1, 0.15) is 0 Å². The molecule has 0 N–H and O–H groups in total. The molecule has 5 nitrogen and oxygen atoms in total. The van der Waals surface area contributed by atoms with E-state index >= 15 is 0 Å². The third-order valence-corrected chi connectivity index (χ3v) is 6.12. The molecule has 4 heterocycles.